The number of para-hydroxylation sites is 1. The number of ketones is 1. The molecule has 4 heteroatoms. The quantitative estimate of drug-likeness (QED) is 0.367. The Labute approximate surface area is 122 Å². The molecule has 0 amide bonds. The van der Waals surface area contributed by atoms with E-state index in [4.69, 9.17) is 0 Å². The standard InChI is InChI=1S/C17H15NO3/c1-12-7-8-13(2)14(11-12)9-10-17(19)15-5-3-4-6-16(15)18(20)21/h3-11H,1-2H3/b10-9+. The van der Waals surface area contributed by atoms with Crippen molar-refractivity contribution in [2.45, 2.75) is 13.8 Å². The molecular weight excluding hydrogens is 266 g/mol. The lowest BCUT2D eigenvalue weighted by molar-refractivity contribution is -0.385. The molecule has 0 aliphatic heterocycles. The molecule has 0 aliphatic carbocycles. The van der Waals surface area contributed by atoms with Crippen LogP contribution in [0.25, 0.3) is 6.08 Å². The van der Waals surface area contributed by atoms with Crippen LogP contribution in [0.5, 0.6) is 0 Å². The van der Waals surface area contributed by atoms with Gasteiger partial charge in [0, 0.05) is 6.07 Å². The van der Waals surface area contributed by atoms with E-state index < -0.39 is 4.92 Å². The number of nitro groups is 1. The third-order valence-corrected chi connectivity index (χ3v) is 3.22. The minimum absolute atomic E-state index is 0.101. The summed E-state index contributed by atoms with van der Waals surface area (Å²) in [4.78, 5) is 22.5. The van der Waals surface area contributed by atoms with E-state index in [1.807, 2.05) is 32.0 Å². The van der Waals surface area contributed by atoms with E-state index in [1.165, 1.54) is 18.2 Å². The van der Waals surface area contributed by atoms with Crippen molar-refractivity contribution in [3.05, 3.63) is 80.9 Å². The van der Waals surface area contributed by atoms with Crippen molar-refractivity contribution in [2.24, 2.45) is 0 Å². The molecule has 0 radical (unpaired) electrons. The Bertz CT molecular complexity index is 733. The molecule has 0 spiro atoms. The van der Waals surface area contributed by atoms with Gasteiger partial charge in [-0.05, 0) is 37.1 Å². The summed E-state index contributed by atoms with van der Waals surface area (Å²) in [5.74, 6) is -0.372. The number of carbonyl (C=O) groups excluding carboxylic acids is 1. The Morgan fingerprint density at radius 3 is 2.57 bits per heavy atom. The van der Waals surface area contributed by atoms with Gasteiger partial charge in [0.15, 0.2) is 5.78 Å². The molecule has 0 saturated carbocycles. The molecule has 0 atom stereocenters. The van der Waals surface area contributed by atoms with Crippen molar-refractivity contribution in [1.29, 1.82) is 0 Å². The van der Waals surface area contributed by atoms with Gasteiger partial charge < -0.3 is 0 Å². The highest BCUT2D eigenvalue weighted by Gasteiger charge is 2.16. The fourth-order valence-electron chi connectivity index (χ4n) is 2.04. The SMILES string of the molecule is Cc1ccc(C)c(/C=C/C(=O)c2ccccc2[N+](=O)[O-])c1. The Hall–Kier alpha value is -2.75. The van der Waals surface area contributed by atoms with E-state index in [0.717, 1.165) is 16.7 Å². The monoisotopic (exact) mass is 281 g/mol. The van der Waals surface area contributed by atoms with Gasteiger partial charge in [0.2, 0.25) is 0 Å². The molecule has 0 N–H and O–H groups in total. The van der Waals surface area contributed by atoms with Gasteiger partial charge in [0.1, 0.15) is 0 Å². The fourth-order valence-corrected chi connectivity index (χ4v) is 2.04. The molecule has 0 heterocycles. The maximum Gasteiger partial charge on any atom is 0.280 e. The zero-order valence-corrected chi connectivity index (χ0v) is 11.9. The first-order chi connectivity index (χ1) is 9.99. The zero-order valence-electron chi connectivity index (χ0n) is 11.9. The molecular formula is C17H15NO3. The summed E-state index contributed by atoms with van der Waals surface area (Å²) in [6.07, 6.45) is 3.07. The Morgan fingerprint density at radius 2 is 1.86 bits per heavy atom. The van der Waals surface area contributed by atoms with Crippen LogP contribution in [0.1, 0.15) is 27.0 Å². The van der Waals surface area contributed by atoms with Crippen LogP contribution < -0.4 is 0 Å². The molecule has 0 aromatic heterocycles. The lowest BCUT2D eigenvalue weighted by Gasteiger charge is -2.02. The van der Waals surface area contributed by atoms with Gasteiger partial charge >= 0.3 is 0 Å². The Kier molecular flexibility index (Phi) is 4.28. The molecule has 0 aliphatic rings. The maximum absolute atomic E-state index is 12.1. The van der Waals surface area contributed by atoms with Crippen LogP contribution in [-0.4, -0.2) is 10.7 Å². The second kappa shape index (κ2) is 6.13. The van der Waals surface area contributed by atoms with Crippen LogP contribution in [0.15, 0.2) is 48.5 Å². The summed E-state index contributed by atoms with van der Waals surface area (Å²) in [5.41, 5.74) is 3.00. The summed E-state index contributed by atoms with van der Waals surface area (Å²) in [6, 6.07) is 11.9. The van der Waals surface area contributed by atoms with Gasteiger partial charge in [-0.25, -0.2) is 0 Å². The highest BCUT2D eigenvalue weighted by molar-refractivity contribution is 6.09. The molecule has 2 aromatic carbocycles. The number of nitrogens with zero attached hydrogens (tertiary/aromatic N) is 1. The minimum Gasteiger partial charge on any atom is -0.289 e. The lowest BCUT2D eigenvalue weighted by Crippen LogP contribution is -2.00. The summed E-state index contributed by atoms with van der Waals surface area (Å²) < 4.78 is 0. The second-order valence-corrected chi connectivity index (χ2v) is 4.83. The van der Waals surface area contributed by atoms with E-state index >= 15 is 0 Å². The predicted octanol–water partition coefficient (Wildman–Crippen LogP) is 4.11. The average molecular weight is 281 g/mol. The molecule has 0 saturated heterocycles. The van der Waals surface area contributed by atoms with Crippen molar-refractivity contribution in [3.63, 3.8) is 0 Å². The van der Waals surface area contributed by atoms with Gasteiger partial charge in [-0.15, -0.1) is 0 Å². The van der Waals surface area contributed by atoms with Crippen LogP contribution in [0.2, 0.25) is 0 Å². The molecule has 0 fully saturated rings. The topological polar surface area (TPSA) is 60.2 Å². The Morgan fingerprint density at radius 1 is 1.14 bits per heavy atom. The van der Waals surface area contributed by atoms with Crippen LogP contribution in [0.4, 0.5) is 5.69 Å². The predicted molar refractivity (Wildman–Crippen MR) is 82.4 cm³/mol. The van der Waals surface area contributed by atoms with Crippen LogP contribution >= 0.6 is 0 Å². The third-order valence-electron chi connectivity index (χ3n) is 3.22. The second-order valence-electron chi connectivity index (χ2n) is 4.83. The molecule has 106 valence electrons. The Balaban J connectivity index is 2.32. The van der Waals surface area contributed by atoms with Crippen LogP contribution in [0, 0.1) is 24.0 Å². The number of rotatable bonds is 4. The van der Waals surface area contributed by atoms with Gasteiger partial charge in [-0.3, -0.25) is 14.9 Å². The molecule has 2 rings (SSSR count). The number of benzene rings is 2. The summed E-state index contributed by atoms with van der Waals surface area (Å²) in [6.45, 7) is 3.93. The van der Waals surface area contributed by atoms with E-state index in [0.29, 0.717) is 0 Å². The van der Waals surface area contributed by atoms with Crippen LogP contribution in [0.3, 0.4) is 0 Å². The van der Waals surface area contributed by atoms with Crippen molar-refractivity contribution in [3.8, 4) is 0 Å². The smallest absolute Gasteiger partial charge is 0.280 e. The van der Waals surface area contributed by atoms with Gasteiger partial charge in [0.25, 0.3) is 5.69 Å². The normalized spacial score (nSPS) is 10.8. The number of allylic oxidation sites excluding steroid dienone is 1. The summed E-state index contributed by atoms with van der Waals surface area (Å²) in [5, 5.41) is 10.9. The highest BCUT2D eigenvalue weighted by atomic mass is 16.6. The van der Waals surface area contributed by atoms with E-state index in [2.05, 4.69) is 0 Å². The van der Waals surface area contributed by atoms with E-state index in [-0.39, 0.29) is 17.0 Å². The molecule has 4 nitrogen and oxygen atoms in total. The summed E-state index contributed by atoms with van der Waals surface area (Å²) in [7, 11) is 0. The number of nitro benzene ring substituents is 1. The summed E-state index contributed by atoms with van der Waals surface area (Å²) >= 11 is 0. The highest BCUT2D eigenvalue weighted by Crippen LogP contribution is 2.19. The first-order valence-corrected chi connectivity index (χ1v) is 6.52. The van der Waals surface area contributed by atoms with Crippen molar-refractivity contribution >= 4 is 17.5 Å². The number of hydrogen-bond donors (Lipinski definition) is 0. The number of aryl methyl sites for hydroxylation is 2. The van der Waals surface area contributed by atoms with Crippen molar-refractivity contribution < 1.29 is 9.72 Å². The lowest BCUT2D eigenvalue weighted by atomic mass is 10.0. The molecule has 21 heavy (non-hydrogen) atoms. The average Bonchev–Trinajstić information content (AvgIpc) is 2.47. The zero-order chi connectivity index (χ0) is 15.4. The maximum atomic E-state index is 12.1. The van der Waals surface area contributed by atoms with E-state index in [9.17, 15) is 14.9 Å². The number of hydrogen-bond acceptors (Lipinski definition) is 3. The van der Waals surface area contributed by atoms with E-state index in [1.54, 1.807) is 18.2 Å². The molecule has 0 bridgehead atoms. The van der Waals surface area contributed by atoms with Crippen LogP contribution in [-0.2, 0) is 0 Å². The largest absolute Gasteiger partial charge is 0.289 e. The first-order valence-electron chi connectivity index (χ1n) is 6.52. The van der Waals surface area contributed by atoms with Gasteiger partial charge in [-0.2, -0.15) is 0 Å². The number of carbonyl (C=O) groups is 1. The first kappa shape index (κ1) is 14.7. The minimum atomic E-state index is -0.543. The van der Waals surface area contributed by atoms with Gasteiger partial charge in [0.05, 0.1) is 10.5 Å². The molecule has 0 unspecified atom stereocenters. The fraction of sp³-hybridized carbons (Fsp3) is 0.118. The van der Waals surface area contributed by atoms with Crippen molar-refractivity contribution in [1.82, 2.24) is 0 Å². The van der Waals surface area contributed by atoms with Crippen molar-refractivity contribution in [2.75, 3.05) is 0 Å². The van der Waals surface area contributed by atoms with Gasteiger partial charge in [-0.1, -0.05) is 42.0 Å². The third kappa shape index (κ3) is 3.42. The molecule has 2 aromatic rings.